The first kappa shape index (κ1) is 21.1. The van der Waals surface area contributed by atoms with E-state index < -0.39 is 5.82 Å². The van der Waals surface area contributed by atoms with Crippen molar-refractivity contribution in [2.24, 2.45) is 0 Å². The molecular formula is C19H24ClFN4O2. The molecule has 146 valence electrons. The Kier molecular flexibility index (Phi) is 7.50. The van der Waals surface area contributed by atoms with Crippen molar-refractivity contribution in [2.75, 3.05) is 19.6 Å². The van der Waals surface area contributed by atoms with Crippen molar-refractivity contribution in [3.05, 3.63) is 58.3 Å². The SMILES string of the molecule is CCCN(C(=O)c1ccc(=O)n(-c2ccc(F)cc2)n1)C1CCNCC1.Cl. The van der Waals surface area contributed by atoms with Gasteiger partial charge in [0.25, 0.3) is 11.5 Å². The molecule has 1 aromatic carbocycles. The number of nitrogens with one attached hydrogen (secondary N) is 1. The highest BCUT2D eigenvalue weighted by Crippen LogP contribution is 2.15. The first-order valence-electron chi connectivity index (χ1n) is 8.98. The zero-order valence-electron chi connectivity index (χ0n) is 15.2. The molecule has 0 radical (unpaired) electrons. The molecule has 0 aliphatic carbocycles. The number of carbonyl (C=O) groups excluding carboxylic acids is 1. The van der Waals surface area contributed by atoms with Crippen LogP contribution in [0.1, 0.15) is 36.7 Å². The molecule has 3 rings (SSSR count). The molecule has 0 saturated carbocycles. The maximum absolute atomic E-state index is 13.1. The largest absolute Gasteiger partial charge is 0.334 e. The Morgan fingerprint density at radius 2 is 1.89 bits per heavy atom. The topological polar surface area (TPSA) is 67.2 Å². The van der Waals surface area contributed by atoms with Gasteiger partial charge in [0.2, 0.25) is 0 Å². The van der Waals surface area contributed by atoms with Crippen molar-refractivity contribution in [1.29, 1.82) is 0 Å². The molecule has 1 N–H and O–H groups in total. The number of halogens is 2. The lowest BCUT2D eigenvalue weighted by atomic mass is 10.0. The Bertz CT molecular complexity index is 819. The first-order chi connectivity index (χ1) is 12.6. The van der Waals surface area contributed by atoms with Gasteiger partial charge in [0.05, 0.1) is 5.69 Å². The summed E-state index contributed by atoms with van der Waals surface area (Å²) < 4.78 is 14.3. The van der Waals surface area contributed by atoms with Gasteiger partial charge in [-0.1, -0.05) is 6.92 Å². The maximum Gasteiger partial charge on any atom is 0.274 e. The van der Waals surface area contributed by atoms with E-state index in [-0.39, 0.29) is 35.6 Å². The molecule has 0 unspecified atom stereocenters. The Morgan fingerprint density at radius 3 is 2.52 bits per heavy atom. The van der Waals surface area contributed by atoms with Gasteiger partial charge < -0.3 is 10.2 Å². The van der Waals surface area contributed by atoms with E-state index in [1.165, 1.54) is 36.4 Å². The number of carbonyl (C=O) groups is 1. The first-order valence-corrected chi connectivity index (χ1v) is 8.98. The lowest BCUT2D eigenvalue weighted by Crippen LogP contribution is -2.47. The molecule has 27 heavy (non-hydrogen) atoms. The van der Waals surface area contributed by atoms with E-state index in [0.717, 1.165) is 37.0 Å². The molecule has 0 atom stereocenters. The lowest BCUT2D eigenvalue weighted by molar-refractivity contribution is 0.0634. The van der Waals surface area contributed by atoms with Crippen molar-refractivity contribution in [3.63, 3.8) is 0 Å². The van der Waals surface area contributed by atoms with Gasteiger partial charge in [-0.3, -0.25) is 9.59 Å². The van der Waals surface area contributed by atoms with Crippen LogP contribution in [0.5, 0.6) is 0 Å². The molecule has 8 heteroatoms. The van der Waals surface area contributed by atoms with Gasteiger partial charge in [-0.05, 0) is 62.7 Å². The fourth-order valence-electron chi connectivity index (χ4n) is 3.25. The Balaban J connectivity index is 0.00000261. The van der Waals surface area contributed by atoms with Gasteiger partial charge >= 0.3 is 0 Å². The van der Waals surface area contributed by atoms with Crippen LogP contribution in [-0.4, -0.2) is 46.3 Å². The molecule has 1 aliphatic heterocycles. The summed E-state index contributed by atoms with van der Waals surface area (Å²) in [5.74, 6) is -0.566. The number of hydrogen-bond donors (Lipinski definition) is 1. The normalized spacial score (nSPS) is 14.4. The molecule has 0 spiro atoms. The van der Waals surface area contributed by atoms with Crippen LogP contribution in [0.25, 0.3) is 5.69 Å². The highest BCUT2D eigenvalue weighted by Gasteiger charge is 2.26. The van der Waals surface area contributed by atoms with Crippen LogP contribution < -0.4 is 10.9 Å². The summed E-state index contributed by atoms with van der Waals surface area (Å²) in [6, 6.07) is 8.43. The number of rotatable bonds is 5. The van der Waals surface area contributed by atoms with E-state index in [4.69, 9.17) is 0 Å². The molecule has 2 heterocycles. The molecule has 2 aromatic rings. The highest BCUT2D eigenvalue weighted by molar-refractivity contribution is 5.92. The van der Waals surface area contributed by atoms with E-state index in [9.17, 15) is 14.0 Å². The summed E-state index contributed by atoms with van der Waals surface area (Å²) in [6.07, 6.45) is 2.67. The summed E-state index contributed by atoms with van der Waals surface area (Å²) in [5.41, 5.74) is 0.285. The fraction of sp³-hybridized carbons (Fsp3) is 0.421. The number of benzene rings is 1. The summed E-state index contributed by atoms with van der Waals surface area (Å²) in [4.78, 5) is 27.1. The minimum Gasteiger partial charge on any atom is -0.334 e. The molecular weight excluding hydrogens is 371 g/mol. The second-order valence-corrected chi connectivity index (χ2v) is 6.42. The molecule has 1 fully saturated rings. The molecule has 0 bridgehead atoms. The zero-order chi connectivity index (χ0) is 18.5. The number of piperidine rings is 1. The molecule has 1 saturated heterocycles. The van der Waals surface area contributed by atoms with Crippen LogP contribution in [0.3, 0.4) is 0 Å². The fourth-order valence-corrected chi connectivity index (χ4v) is 3.25. The van der Waals surface area contributed by atoms with Crippen LogP contribution in [0, 0.1) is 5.82 Å². The third kappa shape index (κ3) is 4.93. The van der Waals surface area contributed by atoms with E-state index in [1.807, 2.05) is 11.8 Å². The van der Waals surface area contributed by atoms with E-state index in [1.54, 1.807) is 0 Å². The van der Waals surface area contributed by atoms with Crippen LogP contribution >= 0.6 is 12.4 Å². The summed E-state index contributed by atoms with van der Waals surface area (Å²) in [6.45, 7) is 4.47. The second kappa shape index (κ2) is 9.62. The van der Waals surface area contributed by atoms with Crippen molar-refractivity contribution in [2.45, 2.75) is 32.2 Å². The molecule has 1 aromatic heterocycles. The number of hydrogen-bond acceptors (Lipinski definition) is 4. The molecule has 1 amide bonds. The van der Waals surface area contributed by atoms with Gasteiger partial charge in [0.15, 0.2) is 0 Å². The maximum atomic E-state index is 13.1. The Hall–Kier alpha value is -2.25. The second-order valence-electron chi connectivity index (χ2n) is 6.42. The Labute approximate surface area is 163 Å². The number of amides is 1. The zero-order valence-corrected chi connectivity index (χ0v) is 16.0. The summed E-state index contributed by atoms with van der Waals surface area (Å²) >= 11 is 0. The quantitative estimate of drug-likeness (QED) is 0.845. The highest BCUT2D eigenvalue weighted by atomic mass is 35.5. The predicted molar refractivity (Wildman–Crippen MR) is 104 cm³/mol. The van der Waals surface area contributed by atoms with Crippen LogP contribution in [-0.2, 0) is 0 Å². The van der Waals surface area contributed by atoms with Gasteiger partial charge in [-0.2, -0.15) is 9.78 Å². The minimum atomic E-state index is -0.394. The van der Waals surface area contributed by atoms with E-state index in [0.29, 0.717) is 12.2 Å². The standard InChI is InChI=1S/C19H23FN4O2.ClH/c1-2-13-23(15-9-11-21-12-10-15)19(26)17-7-8-18(25)24(22-17)16-5-3-14(20)4-6-16;/h3-8,15,21H,2,9-13H2,1H3;1H. The third-order valence-corrected chi connectivity index (χ3v) is 4.57. The van der Waals surface area contributed by atoms with Crippen LogP contribution in [0.15, 0.2) is 41.2 Å². The van der Waals surface area contributed by atoms with Gasteiger partial charge in [0, 0.05) is 18.7 Å². The summed E-state index contributed by atoms with van der Waals surface area (Å²) in [5, 5.41) is 7.55. The van der Waals surface area contributed by atoms with Crippen molar-refractivity contribution in [3.8, 4) is 5.69 Å². The predicted octanol–water partition coefficient (Wildman–Crippen LogP) is 2.40. The van der Waals surface area contributed by atoms with Crippen LogP contribution in [0.4, 0.5) is 4.39 Å². The lowest BCUT2D eigenvalue weighted by Gasteiger charge is -2.34. The average Bonchev–Trinajstić information content (AvgIpc) is 2.67. The third-order valence-electron chi connectivity index (χ3n) is 4.57. The minimum absolute atomic E-state index is 0. The Morgan fingerprint density at radius 1 is 1.22 bits per heavy atom. The van der Waals surface area contributed by atoms with Crippen molar-refractivity contribution in [1.82, 2.24) is 20.0 Å². The summed E-state index contributed by atoms with van der Waals surface area (Å²) in [7, 11) is 0. The smallest absolute Gasteiger partial charge is 0.274 e. The molecule has 1 aliphatic rings. The van der Waals surface area contributed by atoms with E-state index >= 15 is 0 Å². The number of aromatic nitrogens is 2. The van der Waals surface area contributed by atoms with Crippen molar-refractivity contribution >= 4 is 18.3 Å². The van der Waals surface area contributed by atoms with Crippen molar-refractivity contribution < 1.29 is 9.18 Å². The molecule has 6 nitrogen and oxygen atoms in total. The van der Waals surface area contributed by atoms with Crippen LogP contribution in [0.2, 0.25) is 0 Å². The van der Waals surface area contributed by atoms with Gasteiger partial charge in [-0.15, -0.1) is 12.4 Å². The number of nitrogens with zero attached hydrogens (tertiary/aromatic N) is 3. The van der Waals surface area contributed by atoms with Gasteiger partial charge in [0.1, 0.15) is 11.5 Å². The average molecular weight is 395 g/mol. The van der Waals surface area contributed by atoms with Gasteiger partial charge in [-0.25, -0.2) is 4.39 Å². The monoisotopic (exact) mass is 394 g/mol. The van der Waals surface area contributed by atoms with E-state index in [2.05, 4.69) is 10.4 Å².